The predicted octanol–water partition coefficient (Wildman–Crippen LogP) is 3.88. The zero-order chi connectivity index (χ0) is 23.7. The third-order valence-electron chi connectivity index (χ3n) is 4.22. The number of benzene rings is 1. The molecule has 170 valence electrons. The van der Waals surface area contributed by atoms with Gasteiger partial charge >= 0.3 is 11.9 Å². The number of esters is 1. The Kier molecular flexibility index (Phi) is 6.77. The molecule has 0 aliphatic rings. The number of nitrogens with two attached hydrogens (primary N) is 1. The number of ether oxygens (including phenoxy) is 1. The van der Waals surface area contributed by atoms with Gasteiger partial charge in [0.05, 0.1) is 10.2 Å². The van der Waals surface area contributed by atoms with Crippen molar-refractivity contribution in [2.45, 2.75) is 49.7 Å². The average molecular weight is 495 g/mol. The first-order valence-corrected chi connectivity index (χ1v) is 11.5. The van der Waals surface area contributed by atoms with Crippen LogP contribution in [0.1, 0.15) is 39.0 Å². The van der Waals surface area contributed by atoms with Gasteiger partial charge in [0, 0.05) is 11.8 Å². The summed E-state index contributed by atoms with van der Waals surface area (Å²) in [6.07, 6.45) is 0.231. The van der Waals surface area contributed by atoms with E-state index in [0.29, 0.717) is 15.2 Å². The van der Waals surface area contributed by atoms with Crippen molar-refractivity contribution in [3.8, 4) is 0 Å². The lowest BCUT2D eigenvalue weighted by molar-refractivity contribution is -0.148. The van der Waals surface area contributed by atoms with Gasteiger partial charge in [-0.2, -0.15) is 0 Å². The molecule has 1 aromatic carbocycles. The first-order chi connectivity index (χ1) is 14.9. The maximum atomic E-state index is 12.3. The molecule has 1 unspecified atom stereocenters. The summed E-state index contributed by atoms with van der Waals surface area (Å²) in [6.45, 7) is 6.55. The third-order valence-corrected chi connectivity index (χ3v) is 6.09. The molecule has 32 heavy (non-hydrogen) atoms. The van der Waals surface area contributed by atoms with Gasteiger partial charge < -0.3 is 20.4 Å². The Morgan fingerprint density at radius 2 is 1.97 bits per heavy atom. The van der Waals surface area contributed by atoms with Crippen molar-refractivity contribution in [3.63, 3.8) is 0 Å². The van der Waals surface area contributed by atoms with Crippen LogP contribution < -0.4 is 5.73 Å². The molecule has 0 fully saturated rings. The molecule has 0 bridgehead atoms. The average Bonchev–Trinajstić information content (AvgIpc) is 3.26. The van der Waals surface area contributed by atoms with Gasteiger partial charge in [-0.05, 0) is 39.3 Å². The molecule has 0 radical (unpaired) electrons. The minimum Gasteiger partial charge on any atom is -0.476 e. The van der Waals surface area contributed by atoms with E-state index in [2.05, 4.69) is 27.8 Å². The minimum absolute atomic E-state index is 0.231. The molecule has 0 amide bonds. The van der Waals surface area contributed by atoms with Gasteiger partial charge in [0.25, 0.3) is 5.71 Å². The van der Waals surface area contributed by atoms with Gasteiger partial charge in [-0.1, -0.05) is 17.3 Å². The molecule has 3 N–H and O–H groups in total. The number of nitrogens with zero attached hydrogens (tertiary/aromatic N) is 3. The topological polar surface area (TPSA) is 137 Å². The molecule has 2 heterocycles. The number of carboxylic acids is 1. The number of anilines is 1. The monoisotopic (exact) mass is 494 g/mol. The Balaban J connectivity index is 2.01. The number of aromatic nitrogens is 2. The molecular formula is C20H22N4O5S3. The molecule has 3 aromatic rings. The van der Waals surface area contributed by atoms with Crippen molar-refractivity contribution in [1.82, 2.24) is 9.97 Å². The molecule has 3 rings (SSSR count). The SMILES string of the molecule is CC(C)(C)OC(=O)/C(=N\OC(C)(Cc1cccc2sc(S)nc12)c1csc(N)n1)C(=O)O. The Morgan fingerprint density at radius 1 is 1.25 bits per heavy atom. The zero-order valence-electron chi connectivity index (χ0n) is 17.8. The number of fused-ring (bicyclic) bond motifs is 1. The van der Waals surface area contributed by atoms with Crippen molar-refractivity contribution in [3.05, 3.63) is 34.8 Å². The second kappa shape index (κ2) is 9.04. The van der Waals surface area contributed by atoms with E-state index >= 15 is 0 Å². The lowest BCUT2D eigenvalue weighted by Gasteiger charge is -2.26. The predicted molar refractivity (Wildman–Crippen MR) is 126 cm³/mol. The summed E-state index contributed by atoms with van der Waals surface area (Å²) >= 11 is 6.98. The van der Waals surface area contributed by atoms with E-state index in [9.17, 15) is 14.7 Å². The molecular weight excluding hydrogens is 472 g/mol. The van der Waals surface area contributed by atoms with Gasteiger partial charge in [-0.25, -0.2) is 19.6 Å². The van der Waals surface area contributed by atoms with Crippen LogP contribution in [-0.2, 0) is 31.2 Å². The highest BCUT2D eigenvalue weighted by atomic mass is 32.2. The van der Waals surface area contributed by atoms with E-state index in [1.165, 1.54) is 22.7 Å². The zero-order valence-corrected chi connectivity index (χ0v) is 20.3. The van der Waals surface area contributed by atoms with Crippen LogP contribution in [0.2, 0.25) is 0 Å². The van der Waals surface area contributed by atoms with E-state index in [1.807, 2.05) is 18.2 Å². The Morgan fingerprint density at radius 3 is 2.56 bits per heavy atom. The summed E-state index contributed by atoms with van der Waals surface area (Å²) in [7, 11) is 0. The van der Waals surface area contributed by atoms with Crippen molar-refractivity contribution in [1.29, 1.82) is 0 Å². The summed E-state index contributed by atoms with van der Waals surface area (Å²) in [5.41, 5.74) is 4.80. The Labute approximate surface area is 197 Å². The summed E-state index contributed by atoms with van der Waals surface area (Å²) in [5.74, 6) is -2.67. The summed E-state index contributed by atoms with van der Waals surface area (Å²) < 4.78 is 6.69. The standard InChI is InChI=1S/C20H22N4O5S3/c1-19(2,3)28-16(27)14(15(25)26)24-29-20(4,12-9-31-17(21)22-12)8-10-6-5-7-11-13(10)23-18(30)32-11/h5-7,9H,8H2,1-4H3,(H2,21,22)(H,23,30)(H,25,26)/b24-14-. The number of oxime groups is 1. The third kappa shape index (κ3) is 5.56. The van der Waals surface area contributed by atoms with Crippen LogP contribution in [0.15, 0.2) is 33.1 Å². The van der Waals surface area contributed by atoms with E-state index in [1.54, 1.807) is 33.1 Å². The Hall–Kier alpha value is -2.70. The first-order valence-electron chi connectivity index (χ1n) is 9.39. The number of nitrogen functional groups attached to an aromatic ring is 1. The fourth-order valence-electron chi connectivity index (χ4n) is 2.84. The lowest BCUT2D eigenvalue weighted by atomic mass is 9.93. The fourth-order valence-corrected chi connectivity index (χ4v) is 4.67. The number of rotatable bonds is 7. The second-order valence-electron chi connectivity index (χ2n) is 8.08. The van der Waals surface area contributed by atoms with Gasteiger partial charge in [-0.15, -0.1) is 35.3 Å². The first kappa shape index (κ1) is 24.0. The molecule has 0 aliphatic carbocycles. The maximum Gasteiger partial charge on any atom is 0.368 e. The smallest absolute Gasteiger partial charge is 0.368 e. The normalized spacial score (nSPS) is 14.2. The van der Waals surface area contributed by atoms with Gasteiger partial charge in [0.1, 0.15) is 15.6 Å². The molecule has 0 saturated heterocycles. The van der Waals surface area contributed by atoms with Crippen LogP contribution in [0.25, 0.3) is 10.2 Å². The van der Waals surface area contributed by atoms with Crippen molar-refractivity contribution in [2.24, 2.45) is 5.16 Å². The number of carboxylic acid groups (broad SMARTS) is 1. The Bertz CT molecular complexity index is 1200. The van der Waals surface area contributed by atoms with Gasteiger partial charge in [0.2, 0.25) is 0 Å². The quantitative estimate of drug-likeness (QED) is 0.148. The summed E-state index contributed by atoms with van der Waals surface area (Å²) in [5, 5.41) is 15.2. The van der Waals surface area contributed by atoms with Crippen molar-refractivity contribution < 1.29 is 24.3 Å². The fraction of sp³-hybridized carbons (Fsp3) is 0.350. The van der Waals surface area contributed by atoms with Crippen molar-refractivity contribution >= 4 is 68.3 Å². The molecule has 1 atom stereocenters. The second-order valence-corrected chi connectivity index (χ2v) is 10.7. The molecule has 0 aliphatic heterocycles. The van der Waals surface area contributed by atoms with E-state index in [4.69, 9.17) is 15.3 Å². The van der Waals surface area contributed by atoms with Crippen LogP contribution in [0.3, 0.4) is 0 Å². The highest BCUT2D eigenvalue weighted by Crippen LogP contribution is 2.35. The molecule has 12 heteroatoms. The van der Waals surface area contributed by atoms with E-state index < -0.39 is 28.9 Å². The number of hydrogen-bond acceptors (Lipinski definition) is 11. The highest BCUT2D eigenvalue weighted by molar-refractivity contribution is 7.82. The van der Waals surface area contributed by atoms with Gasteiger partial charge in [-0.3, -0.25) is 0 Å². The van der Waals surface area contributed by atoms with Crippen LogP contribution >= 0.6 is 35.3 Å². The molecule has 2 aromatic heterocycles. The number of para-hydroxylation sites is 1. The van der Waals surface area contributed by atoms with Crippen molar-refractivity contribution in [2.75, 3.05) is 5.73 Å². The number of carbonyl (C=O) groups excluding carboxylic acids is 1. The number of thiazole rings is 2. The largest absolute Gasteiger partial charge is 0.476 e. The van der Waals surface area contributed by atoms with Crippen LogP contribution in [0.5, 0.6) is 0 Å². The maximum absolute atomic E-state index is 12.3. The van der Waals surface area contributed by atoms with Gasteiger partial charge in [0.15, 0.2) is 10.7 Å². The van der Waals surface area contributed by atoms with Crippen LogP contribution in [-0.4, -0.2) is 38.3 Å². The molecule has 0 saturated carbocycles. The molecule has 0 spiro atoms. The number of carbonyl (C=O) groups is 2. The number of hydrogen-bond donors (Lipinski definition) is 3. The highest BCUT2D eigenvalue weighted by Gasteiger charge is 2.36. The van der Waals surface area contributed by atoms with Crippen LogP contribution in [0.4, 0.5) is 5.13 Å². The minimum atomic E-state index is -1.57. The van der Waals surface area contributed by atoms with E-state index in [0.717, 1.165) is 15.8 Å². The summed E-state index contributed by atoms with van der Waals surface area (Å²) in [6, 6.07) is 5.69. The van der Waals surface area contributed by atoms with Crippen LogP contribution in [0, 0.1) is 0 Å². The lowest BCUT2D eigenvalue weighted by Crippen LogP contribution is -2.35. The van der Waals surface area contributed by atoms with E-state index in [-0.39, 0.29) is 6.42 Å². The summed E-state index contributed by atoms with van der Waals surface area (Å²) in [4.78, 5) is 38.5. The number of aliphatic carboxylic acids is 1. The molecule has 9 nitrogen and oxygen atoms in total. The number of thiol groups is 1.